The lowest BCUT2D eigenvalue weighted by molar-refractivity contribution is -0.127. The zero-order valence-corrected chi connectivity index (χ0v) is 14.8. The number of amides is 1. The monoisotopic (exact) mass is 344 g/mol. The SMILES string of the molecule is COc1ccc(-c2ccc(CNC(=O)C3(N)CCCCC3)s2)cc1. The first-order valence-corrected chi connectivity index (χ1v) is 9.23. The maximum absolute atomic E-state index is 12.4. The highest BCUT2D eigenvalue weighted by Gasteiger charge is 2.34. The molecule has 0 saturated heterocycles. The number of carbonyl (C=O) groups excluding carboxylic acids is 1. The van der Waals surface area contributed by atoms with Crippen LogP contribution in [0.15, 0.2) is 36.4 Å². The van der Waals surface area contributed by atoms with Crippen molar-refractivity contribution < 1.29 is 9.53 Å². The quantitative estimate of drug-likeness (QED) is 0.869. The Morgan fingerprint density at radius 1 is 1.17 bits per heavy atom. The average molecular weight is 344 g/mol. The Hall–Kier alpha value is -1.85. The molecule has 1 aliphatic carbocycles. The number of methoxy groups -OCH3 is 1. The largest absolute Gasteiger partial charge is 0.497 e. The van der Waals surface area contributed by atoms with Crippen LogP contribution in [-0.4, -0.2) is 18.6 Å². The molecular formula is C19H24N2O2S. The van der Waals surface area contributed by atoms with Crippen molar-refractivity contribution in [2.45, 2.75) is 44.2 Å². The molecule has 1 aromatic heterocycles. The fourth-order valence-electron chi connectivity index (χ4n) is 3.14. The molecule has 5 heteroatoms. The minimum atomic E-state index is -0.672. The second-order valence-electron chi connectivity index (χ2n) is 6.39. The van der Waals surface area contributed by atoms with E-state index in [0.29, 0.717) is 6.54 Å². The highest BCUT2D eigenvalue weighted by Crippen LogP contribution is 2.30. The molecule has 1 amide bonds. The van der Waals surface area contributed by atoms with Gasteiger partial charge >= 0.3 is 0 Å². The smallest absolute Gasteiger partial charge is 0.240 e. The predicted molar refractivity (Wildman–Crippen MR) is 98.2 cm³/mol. The van der Waals surface area contributed by atoms with Gasteiger partial charge in [-0.2, -0.15) is 0 Å². The van der Waals surface area contributed by atoms with E-state index in [4.69, 9.17) is 10.5 Å². The Kier molecular flexibility index (Phi) is 5.21. The third-order valence-electron chi connectivity index (χ3n) is 4.66. The van der Waals surface area contributed by atoms with Crippen molar-refractivity contribution in [2.24, 2.45) is 5.73 Å². The Morgan fingerprint density at radius 2 is 1.88 bits per heavy atom. The van der Waals surface area contributed by atoms with E-state index in [1.54, 1.807) is 18.4 Å². The number of thiophene rings is 1. The second-order valence-corrected chi connectivity index (χ2v) is 7.56. The predicted octanol–water partition coefficient (Wildman–Crippen LogP) is 3.70. The Balaban J connectivity index is 1.60. The van der Waals surface area contributed by atoms with Gasteiger partial charge in [0.15, 0.2) is 0 Å². The summed E-state index contributed by atoms with van der Waals surface area (Å²) in [6.45, 7) is 0.540. The third kappa shape index (κ3) is 3.79. The van der Waals surface area contributed by atoms with Crippen LogP contribution in [0.1, 0.15) is 37.0 Å². The van der Waals surface area contributed by atoms with Crippen LogP contribution in [0.4, 0.5) is 0 Å². The summed E-state index contributed by atoms with van der Waals surface area (Å²) in [5, 5.41) is 3.02. The Bertz CT molecular complexity index is 688. The van der Waals surface area contributed by atoms with E-state index in [0.717, 1.165) is 41.9 Å². The molecule has 1 heterocycles. The molecule has 1 aromatic carbocycles. The lowest BCUT2D eigenvalue weighted by atomic mass is 9.82. The number of benzene rings is 1. The summed E-state index contributed by atoms with van der Waals surface area (Å²) in [6.07, 6.45) is 4.86. The molecule has 0 unspecified atom stereocenters. The van der Waals surface area contributed by atoms with Crippen molar-refractivity contribution in [3.8, 4) is 16.2 Å². The topological polar surface area (TPSA) is 64.3 Å². The molecule has 24 heavy (non-hydrogen) atoms. The molecule has 1 fully saturated rings. The zero-order valence-electron chi connectivity index (χ0n) is 14.0. The molecule has 3 N–H and O–H groups in total. The molecule has 1 aliphatic rings. The number of hydrogen-bond acceptors (Lipinski definition) is 4. The minimum Gasteiger partial charge on any atom is -0.497 e. The number of ether oxygens (including phenoxy) is 1. The molecule has 0 atom stereocenters. The summed E-state index contributed by atoms with van der Waals surface area (Å²) < 4.78 is 5.19. The van der Waals surface area contributed by atoms with E-state index in [2.05, 4.69) is 17.4 Å². The van der Waals surface area contributed by atoms with Crippen LogP contribution in [0, 0.1) is 0 Å². The van der Waals surface area contributed by atoms with Crippen molar-refractivity contribution in [2.75, 3.05) is 7.11 Å². The normalized spacial score (nSPS) is 16.6. The van der Waals surface area contributed by atoms with E-state index < -0.39 is 5.54 Å². The van der Waals surface area contributed by atoms with E-state index in [1.807, 2.05) is 24.3 Å². The summed E-state index contributed by atoms with van der Waals surface area (Å²) in [5.41, 5.74) is 6.75. The van der Waals surface area contributed by atoms with Crippen LogP contribution < -0.4 is 15.8 Å². The zero-order chi connectivity index (χ0) is 17.0. The summed E-state index contributed by atoms with van der Waals surface area (Å²) in [5.74, 6) is 0.838. The number of rotatable bonds is 5. The van der Waals surface area contributed by atoms with Gasteiger partial charge in [-0.25, -0.2) is 0 Å². The summed E-state index contributed by atoms with van der Waals surface area (Å²) in [4.78, 5) is 14.7. The van der Waals surface area contributed by atoms with Gasteiger partial charge < -0.3 is 15.8 Å². The Morgan fingerprint density at radius 3 is 2.54 bits per heavy atom. The van der Waals surface area contributed by atoms with E-state index in [-0.39, 0.29) is 5.91 Å². The van der Waals surface area contributed by atoms with Crippen molar-refractivity contribution in [3.05, 3.63) is 41.3 Å². The highest BCUT2D eigenvalue weighted by molar-refractivity contribution is 7.15. The van der Waals surface area contributed by atoms with Crippen molar-refractivity contribution in [1.82, 2.24) is 5.32 Å². The Labute approximate surface area is 147 Å². The van der Waals surface area contributed by atoms with E-state index in [9.17, 15) is 4.79 Å². The third-order valence-corrected chi connectivity index (χ3v) is 5.79. The number of carbonyl (C=O) groups is 1. The number of nitrogens with two attached hydrogens (primary N) is 1. The molecule has 2 aromatic rings. The molecule has 0 spiro atoms. The maximum atomic E-state index is 12.4. The second kappa shape index (κ2) is 7.36. The first kappa shape index (κ1) is 17.0. The number of hydrogen-bond donors (Lipinski definition) is 2. The van der Waals surface area contributed by atoms with Crippen molar-refractivity contribution >= 4 is 17.2 Å². The first-order chi connectivity index (χ1) is 11.6. The van der Waals surface area contributed by atoms with E-state index in [1.165, 1.54) is 11.3 Å². The average Bonchev–Trinajstić information content (AvgIpc) is 3.09. The fourth-order valence-corrected chi connectivity index (χ4v) is 4.09. The highest BCUT2D eigenvalue weighted by atomic mass is 32.1. The first-order valence-electron chi connectivity index (χ1n) is 8.41. The molecule has 3 rings (SSSR count). The number of nitrogens with one attached hydrogen (secondary N) is 1. The van der Waals surface area contributed by atoms with Gasteiger partial charge in [-0.15, -0.1) is 11.3 Å². The standard InChI is InChI=1S/C19H24N2O2S/c1-23-15-7-5-14(6-8-15)17-10-9-16(24-17)13-21-18(22)19(20)11-3-2-4-12-19/h5-10H,2-4,11-13,20H2,1H3,(H,21,22). The molecule has 0 radical (unpaired) electrons. The molecule has 1 saturated carbocycles. The summed E-state index contributed by atoms with van der Waals surface area (Å²) >= 11 is 1.69. The van der Waals surface area contributed by atoms with Crippen molar-refractivity contribution in [1.29, 1.82) is 0 Å². The molecule has 0 aliphatic heterocycles. The lowest BCUT2D eigenvalue weighted by Gasteiger charge is -2.31. The van der Waals surface area contributed by atoms with Crippen LogP contribution in [0.25, 0.3) is 10.4 Å². The molecule has 128 valence electrons. The molecular weight excluding hydrogens is 320 g/mol. The van der Waals surface area contributed by atoms with Gasteiger partial charge in [0.25, 0.3) is 0 Å². The maximum Gasteiger partial charge on any atom is 0.240 e. The van der Waals surface area contributed by atoms with Gasteiger partial charge in [-0.1, -0.05) is 19.3 Å². The van der Waals surface area contributed by atoms with Gasteiger partial charge in [-0.3, -0.25) is 4.79 Å². The van der Waals surface area contributed by atoms with Gasteiger partial charge in [0.2, 0.25) is 5.91 Å². The van der Waals surface area contributed by atoms with Crippen LogP contribution in [0.2, 0.25) is 0 Å². The van der Waals surface area contributed by atoms with Gasteiger partial charge in [0.05, 0.1) is 19.2 Å². The summed E-state index contributed by atoms with van der Waals surface area (Å²) in [6, 6.07) is 12.2. The van der Waals surface area contributed by atoms with Crippen LogP contribution in [0.5, 0.6) is 5.75 Å². The molecule has 4 nitrogen and oxygen atoms in total. The molecule has 0 bridgehead atoms. The fraction of sp³-hybridized carbons (Fsp3) is 0.421. The lowest BCUT2D eigenvalue weighted by Crippen LogP contribution is -2.54. The van der Waals surface area contributed by atoms with Gasteiger partial charge in [0, 0.05) is 9.75 Å². The minimum absolute atomic E-state index is 0.0124. The van der Waals surface area contributed by atoms with Crippen LogP contribution in [0.3, 0.4) is 0 Å². The van der Waals surface area contributed by atoms with Gasteiger partial charge in [-0.05, 0) is 54.8 Å². The van der Waals surface area contributed by atoms with E-state index >= 15 is 0 Å². The van der Waals surface area contributed by atoms with Crippen LogP contribution in [-0.2, 0) is 11.3 Å². The van der Waals surface area contributed by atoms with Gasteiger partial charge in [0.1, 0.15) is 5.75 Å². The van der Waals surface area contributed by atoms with Crippen LogP contribution >= 0.6 is 11.3 Å². The van der Waals surface area contributed by atoms with Crippen molar-refractivity contribution in [3.63, 3.8) is 0 Å². The summed E-state index contributed by atoms with van der Waals surface area (Å²) in [7, 11) is 1.66.